The standard InChI is InChI=1S/C18H17N5O2/c1-25-16-7-3-2-6-14(16)22-17(24)15-8-10-20-18(23-15)21-12-13-5-4-9-19-11-13/h2-11H,12H2,1H3,(H,22,24)(H,20,21,23). The number of nitrogens with zero attached hydrogens (tertiary/aromatic N) is 3. The van der Waals surface area contributed by atoms with Crippen LogP contribution in [0.1, 0.15) is 16.1 Å². The molecular weight excluding hydrogens is 318 g/mol. The van der Waals surface area contributed by atoms with Gasteiger partial charge in [-0.25, -0.2) is 9.97 Å². The van der Waals surface area contributed by atoms with Gasteiger partial charge in [-0.2, -0.15) is 0 Å². The summed E-state index contributed by atoms with van der Waals surface area (Å²) >= 11 is 0. The monoisotopic (exact) mass is 335 g/mol. The van der Waals surface area contributed by atoms with Gasteiger partial charge in [-0.1, -0.05) is 18.2 Å². The van der Waals surface area contributed by atoms with Gasteiger partial charge in [0.2, 0.25) is 5.95 Å². The number of aromatic nitrogens is 3. The van der Waals surface area contributed by atoms with Crippen LogP contribution in [0.15, 0.2) is 61.1 Å². The fraction of sp³-hybridized carbons (Fsp3) is 0.111. The molecule has 7 nitrogen and oxygen atoms in total. The van der Waals surface area contributed by atoms with Crippen LogP contribution in [0.5, 0.6) is 5.75 Å². The molecule has 2 N–H and O–H groups in total. The van der Waals surface area contributed by atoms with E-state index in [2.05, 4.69) is 25.6 Å². The van der Waals surface area contributed by atoms with Crippen LogP contribution in [0.3, 0.4) is 0 Å². The van der Waals surface area contributed by atoms with Crippen molar-refractivity contribution in [3.63, 3.8) is 0 Å². The third-order valence-electron chi connectivity index (χ3n) is 3.42. The quantitative estimate of drug-likeness (QED) is 0.720. The van der Waals surface area contributed by atoms with Gasteiger partial charge in [0.25, 0.3) is 5.91 Å². The average Bonchev–Trinajstić information content (AvgIpc) is 2.68. The first-order valence-corrected chi connectivity index (χ1v) is 7.66. The van der Waals surface area contributed by atoms with Gasteiger partial charge in [0.15, 0.2) is 0 Å². The fourth-order valence-electron chi connectivity index (χ4n) is 2.19. The zero-order valence-electron chi connectivity index (χ0n) is 13.6. The molecule has 0 aliphatic rings. The van der Waals surface area contributed by atoms with Crippen molar-refractivity contribution in [3.05, 3.63) is 72.3 Å². The lowest BCUT2D eigenvalue weighted by Crippen LogP contribution is -2.15. The Balaban J connectivity index is 1.69. The lowest BCUT2D eigenvalue weighted by molar-refractivity contribution is 0.102. The number of hydrogen-bond acceptors (Lipinski definition) is 6. The molecule has 25 heavy (non-hydrogen) atoms. The Bertz CT molecular complexity index is 855. The van der Waals surface area contributed by atoms with Crippen molar-refractivity contribution < 1.29 is 9.53 Å². The van der Waals surface area contributed by atoms with Gasteiger partial charge >= 0.3 is 0 Å². The smallest absolute Gasteiger partial charge is 0.274 e. The number of rotatable bonds is 6. The molecule has 0 fully saturated rings. The Morgan fingerprint density at radius 2 is 2.00 bits per heavy atom. The molecule has 0 saturated carbocycles. The Labute approximate surface area is 145 Å². The molecule has 0 unspecified atom stereocenters. The van der Waals surface area contributed by atoms with Crippen molar-refractivity contribution in [1.29, 1.82) is 0 Å². The molecular formula is C18H17N5O2. The summed E-state index contributed by atoms with van der Waals surface area (Å²) in [5, 5.41) is 5.86. The predicted molar refractivity (Wildman–Crippen MR) is 94.5 cm³/mol. The maximum absolute atomic E-state index is 12.4. The van der Waals surface area contributed by atoms with Crippen molar-refractivity contribution >= 4 is 17.5 Å². The number of anilines is 2. The summed E-state index contributed by atoms with van der Waals surface area (Å²) in [6.07, 6.45) is 5.00. The van der Waals surface area contributed by atoms with Crippen molar-refractivity contribution in [1.82, 2.24) is 15.0 Å². The van der Waals surface area contributed by atoms with Crippen LogP contribution >= 0.6 is 0 Å². The highest BCUT2D eigenvalue weighted by atomic mass is 16.5. The number of carbonyl (C=O) groups is 1. The first-order valence-electron chi connectivity index (χ1n) is 7.66. The summed E-state index contributed by atoms with van der Waals surface area (Å²) in [7, 11) is 1.55. The molecule has 0 atom stereocenters. The molecule has 0 aliphatic heterocycles. The SMILES string of the molecule is COc1ccccc1NC(=O)c1ccnc(NCc2cccnc2)n1. The van der Waals surface area contributed by atoms with Crippen LogP contribution < -0.4 is 15.4 Å². The first-order chi connectivity index (χ1) is 12.3. The van der Waals surface area contributed by atoms with E-state index in [9.17, 15) is 4.79 Å². The lowest BCUT2D eigenvalue weighted by Gasteiger charge is -2.10. The molecule has 3 rings (SSSR count). The van der Waals surface area contributed by atoms with Crippen molar-refractivity contribution in [2.24, 2.45) is 0 Å². The molecule has 3 aromatic rings. The number of pyridine rings is 1. The number of carbonyl (C=O) groups excluding carboxylic acids is 1. The highest BCUT2D eigenvalue weighted by Gasteiger charge is 2.11. The number of amides is 1. The maximum atomic E-state index is 12.4. The third kappa shape index (κ3) is 4.29. The molecule has 1 aromatic carbocycles. The molecule has 126 valence electrons. The van der Waals surface area contributed by atoms with Gasteiger partial charge in [0, 0.05) is 25.1 Å². The topological polar surface area (TPSA) is 89.0 Å². The molecule has 0 spiro atoms. The average molecular weight is 335 g/mol. The van der Waals surface area contributed by atoms with Gasteiger partial charge in [-0.15, -0.1) is 0 Å². The molecule has 1 amide bonds. The highest BCUT2D eigenvalue weighted by Crippen LogP contribution is 2.23. The second-order valence-electron chi connectivity index (χ2n) is 5.13. The molecule has 0 bridgehead atoms. The van der Waals surface area contributed by atoms with Gasteiger partial charge < -0.3 is 15.4 Å². The Morgan fingerprint density at radius 3 is 2.80 bits per heavy atom. The summed E-state index contributed by atoms with van der Waals surface area (Å²) in [6.45, 7) is 0.519. The van der Waals surface area contributed by atoms with Gasteiger partial charge in [-0.05, 0) is 29.8 Å². The fourth-order valence-corrected chi connectivity index (χ4v) is 2.19. The third-order valence-corrected chi connectivity index (χ3v) is 3.42. The second-order valence-corrected chi connectivity index (χ2v) is 5.13. The van der Waals surface area contributed by atoms with Crippen LogP contribution in [-0.2, 0) is 6.54 Å². The minimum atomic E-state index is -0.337. The van der Waals surface area contributed by atoms with Crippen LogP contribution in [0.25, 0.3) is 0 Å². The minimum absolute atomic E-state index is 0.259. The van der Waals surface area contributed by atoms with Crippen LogP contribution in [0.2, 0.25) is 0 Å². The van der Waals surface area contributed by atoms with E-state index in [0.717, 1.165) is 5.56 Å². The number of para-hydroxylation sites is 2. The number of ether oxygens (including phenoxy) is 1. The Hall–Kier alpha value is -3.48. The predicted octanol–water partition coefficient (Wildman–Crippen LogP) is 2.74. The van der Waals surface area contributed by atoms with Crippen molar-refractivity contribution in [2.75, 3.05) is 17.7 Å². The Kier molecular flexibility index (Phi) is 5.16. The summed E-state index contributed by atoms with van der Waals surface area (Å²) in [5.74, 6) is 0.618. The second kappa shape index (κ2) is 7.87. The van der Waals surface area contributed by atoms with Gasteiger partial charge in [-0.3, -0.25) is 9.78 Å². The molecule has 2 heterocycles. The summed E-state index contributed by atoms with van der Waals surface area (Å²) in [5.41, 5.74) is 1.84. The van der Waals surface area contributed by atoms with E-state index < -0.39 is 0 Å². The van der Waals surface area contributed by atoms with E-state index >= 15 is 0 Å². The molecule has 0 aliphatic carbocycles. The molecule has 2 aromatic heterocycles. The highest BCUT2D eigenvalue weighted by molar-refractivity contribution is 6.03. The Morgan fingerprint density at radius 1 is 1.12 bits per heavy atom. The van der Waals surface area contributed by atoms with E-state index in [4.69, 9.17) is 4.74 Å². The zero-order valence-corrected chi connectivity index (χ0v) is 13.6. The van der Waals surface area contributed by atoms with Crippen molar-refractivity contribution in [2.45, 2.75) is 6.54 Å². The summed E-state index contributed by atoms with van der Waals surface area (Å²) < 4.78 is 5.23. The van der Waals surface area contributed by atoms with E-state index in [1.54, 1.807) is 37.7 Å². The van der Waals surface area contributed by atoms with Crippen molar-refractivity contribution in [3.8, 4) is 5.75 Å². The van der Waals surface area contributed by atoms with Gasteiger partial charge in [0.1, 0.15) is 11.4 Å². The number of benzene rings is 1. The van der Waals surface area contributed by atoms with E-state index in [1.165, 1.54) is 6.20 Å². The lowest BCUT2D eigenvalue weighted by atomic mass is 10.2. The van der Waals surface area contributed by atoms with E-state index in [-0.39, 0.29) is 11.6 Å². The number of methoxy groups -OCH3 is 1. The summed E-state index contributed by atoms with van der Waals surface area (Å²) in [4.78, 5) is 24.8. The zero-order chi connectivity index (χ0) is 17.5. The van der Waals surface area contributed by atoms with Gasteiger partial charge in [0.05, 0.1) is 12.8 Å². The largest absolute Gasteiger partial charge is 0.495 e. The van der Waals surface area contributed by atoms with E-state index in [1.807, 2.05) is 24.3 Å². The molecule has 0 radical (unpaired) electrons. The summed E-state index contributed by atoms with van der Waals surface area (Å²) in [6, 6.07) is 12.5. The van der Waals surface area contributed by atoms with Crippen LogP contribution in [-0.4, -0.2) is 28.0 Å². The molecule has 7 heteroatoms. The first kappa shape index (κ1) is 16.4. The molecule has 0 saturated heterocycles. The van der Waals surface area contributed by atoms with Crippen LogP contribution in [0, 0.1) is 0 Å². The van der Waals surface area contributed by atoms with E-state index in [0.29, 0.717) is 23.9 Å². The number of hydrogen-bond donors (Lipinski definition) is 2. The van der Waals surface area contributed by atoms with Crippen LogP contribution in [0.4, 0.5) is 11.6 Å². The normalized spacial score (nSPS) is 10.1. The number of nitrogens with one attached hydrogen (secondary N) is 2. The maximum Gasteiger partial charge on any atom is 0.274 e. The minimum Gasteiger partial charge on any atom is -0.495 e.